The van der Waals surface area contributed by atoms with Crippen molar-refractivity contribution in [1.29, 1.82) is 0 Å². The Labute approximate surface area is 108 Å². The molecule has 1 aromatic rings. The molecule has 1 fully saturated rings. The molecule has 0 saturated carbocycles. The number of aromatic nitrogens is 1. The summed E-state index contributed by atoms with van der Waals surface area (Å²) in [5.41, 5.74) is 0.978. The topological polar surface area (TPSA) is 42.0 Å². The van der Waals surface area contributed by atoms with Gasteiger partial charge in [-0.15, -0.1) is 11.8 Å². The number of carbonyl (C=O) groups is 1. The van der Waals surface area contributed by atoms with E-state index in [0.29, 0.717) is 5.82 Å². The van der Waals surface area contributed by atoms with Crippen molar-refractivity contribution in [2.75, 3.05) is 11.1 Å². The Balaban J connectivity index is 2.05. The Bertz CT molecular complexity index is 405. The highest BCUT2D eigenvalue weighted by Crippen LogP contribution is 2.27. The average molecular weight is 301 g/mol. The number of nitrogens with zero attached hydrogens (tertiary/aromatic N) is 1. The van der Waals surface area contributed by atoms with E-state index in [4.69, 9.17) is 0 Å². The smallest absolute Gasteiger partial charge is 0.238 e. The fourth-order valence-electron chi connectivity index (χ4n) is 1.65. The number of hydrogen-bond donors (Lipinski definition) is 1. The zero-order chi connectivity index (χ0) is 11.5. The lowest BCUT2D eigenvalue weighted by Crippen LogP contribution is -2.23. The quantitative estimate of drug-likeness (QED) is 0.913. The van der Waals surface area contributed by atoms with Gasteiger partial charge in [0, 0.05) is 10.7 Å². The van der Waals surface area contributed by atoms with Gasteiger partial charge in [-0.3, -0.25) is 4.79 Å². The molecule has 2 heterocycles. The van der Waals surface area contributed by atoms with Crippen LogP contribution in [0.2, 0.25) is 0 Å². The zero-order valence-corrected chi connectivity index (χ0v) is 11.4. The van der Waals surface area contributed by atoms with Crippen molar-refractivity contribution in [2.24, 2.45) is 0 Å². The lowest BCUT2D eigenvalue weighted by atomic mass is 10.2. The minimum Gasteiger partial charge on any atom is -0.310 e. The number of anilines is 1. The molecule has 1 aliphatic heterocycles. The number of rotatable bonds is 2. The number of halogens is 1. The highest BCUT2D eigenvalue weighted by molar-refractivity contribution is 9.10. The third-order valence-electron chi connectivity index (χ3n) is 2.51. The van der Waals surface area contributed by atoms with Crippen molar-refractivity contribution in [3.8, 4) is 0 Å². The molecular weight excluding hydrogens is 288 g/mol. The summed E-state index contributed by atoms with van der Waals surface area (Å²) in [5, 5.41) is 2.99. The molecule has 3 nitrogen and oxygen atoms in total. The van der Waals surface area contributed by atoms with Gasteiger partial charge in [-0.2, -0.15) is 0 Å². The van der Waals surface area contributed by atoms with E-state index in [1.807, 2.05) is 13.0 Å². The molecule has 0 aliphatic carbocycles. The molecule has 0 bridgehead atoms. The molecule has 1 aromatic heterocycles. The maximum atomic E-state index is 11.9. The lowest BCUT2D eigenvalue weighted by molar-refractivity contribution is -0.115. The van der Waals surface area contributed by atoms with Crippen LogP contribution >= 0.6 is 27.7 Å². The second-order valence-electron chi connectivity index (χ2n) is 3.81. The van der Waals surface area contributed by atoms with Crippen LogP contribution in [0.4, 0.5) is 5.82 Å². The van der Waals surface area contributed by atoms with E-state index in [0.717, 1.165) is 28.6 Å². The van der Waals surface area contributed by atoms with E-state index >= 15 is 0 Å². The van der Waals surface area contributed by atoms with Crippen LogP contribution < -0.4 is 5.32 Å². The molecule has 1 aliphatic rings. The Kier molecular flexibility index (Phi) is 3.86. The van der Waals surface area contributed by atoms with Crippen LogP contribution in [-0.4, -0.2) is 21.9 Å². The molecular formula is C11H13BrN2OS. The number of amides is 1. The van der Waals surface area contributed by atoms with Gasteiger partial charge < -0.3 is 5.32 Å². The highest BCUT2D eigenvalue weighted by atomic mass is 79.9. The Hall–Kier alpha value is -0.550. The van der Waals surface area contributed by atoms with E-state index in [-0.39, 0.29) is 11.2 Å². The molecule has 0 aromatic carbocycles. The molecule has 1 atom stereocenters. The molecule has 2 rings (SSSR count). The lowest BCUT2D eigenvalue weighted by Gasteiger charge is -2.11. The number of hydrogen-bond acceptors (Lipinski definition) is 3. The molecule has 0 radical (unpaired) electrons. The fourth-order valence-corrected chi connectivity index (χ4v) is 3.26. The van der Waals surface area contributed by atoms with Crippen molar-refractivity contribution in [3.63, 3.8) is 0 Å². The van der Waals surface area contributed by atoms with E-state index in [1.165, 1.54) is 0 Å². The maximum absolute atomic E-state index is 11.9. The average Bonchev–Trinajstić information content (AvgIpc) is 2.75. The first-order valence-electron chi connectivity index (χ1n) is 5.21. The normalized spacial score (nSPS) is 19.8. The minimum atomic E-state index is 0.0837. The Morgan fingerprint density at radius 1 is 1.69 bits per heavy atom. The summed E-state index contributed by atoms with van der Waals surface area (Å²) < 4.78 is 0.929. The summed E-state index contributed by atoms with van der Waals surface area (Å²) in [6, 6.07) is 1.95. The van der Waals surface area contributed by atoms with Crippen molar-refractivity contribution in [3.05, 3.63) is 22.3 Å². The third kappa shape index (κ3) is 2.77. The number of pyridine rings is 1. The van der Waals surface area contributed by atoms with Crippen LogP contribution in [0.3, 0.4) is 0 Å². The number of carbonyl (C=O) groups excluding carboxylic acids is 1. The van der Waals surface area contributed by atoms with Crippen LogP contribution in [-0.2, 0) is 4.79 Å². The molecule has 86 valence electrons. The Morgan fingerprint density at radius 2 is 2.50 bits per heavy atom. The van der Waals surface area contributed by atoms with Gasteiger partial charge in [0.15, 0.2) is 0 Å². The van der Waals surface area contributed by atoms with Gasteiger partial charge in [-0.1, -0.05) is 0 Å². The van der Waals surface area contributed by atoms with Crippen molar-refractivity contribution in [1.82, 2.24) is 4.98 Å². The van der Waals surface area contributed by atoms with Crippen LogP contribution in [0.5, 0.6) is 0 Å². The summed E-state index contributed by atoms with van der Waals surface area (Å²) in [7, 11) is 0. The predicted octanol–water partition coefficient (Wildman–Crippen LogP) is 2.99. The first kappa shape index (κ1) is 11.9. The van der Waals surface area contributed by atoms with E-state index in [2.05, 4.69) is 26.2 Å². The summed E-state index contributed by atoms with van der Waals surface area (Å²) >= 11 is 5.08. The van der Waals surface area contributed by atoms with Gasteiger partial charge >= 0.3 is 0 Å². The van der Waals surface area contributed by atoms with Gasteiger partial charge in [0.2, 0.25) is 5.91 Å². The van der Waals surface area contributed by atoms with E-state index in [9.17, 15) is 4.79 Å². The SMILES string of the molecule is Cc1cc(Br)cnc1NC(=O)C1CCCS1. The van der Waals surface area contributed by atoms with E-state index in [1.54, 1.807) is 18.0 Å². The van der Waals surface area contributed by atoms with Gasteiger partial charge in [-0.25, -0.2) is 4.98 Å². The zero-order valence-electron chi connectivity index (χ0n) is 9.00. The monoisotopic (exact) mass is 300 g/mol. The maximum Gasteiger partial charge on any atom is 0.238 e. The van der Waals surface area contributed by atoms with Crippen LogP contribution in [0, 0.1) is 6.92 Å². The molecule has 1 unspecified atom stereocenters. The number of nitrogens with one attached hydrogen (secondary N) is 1. The standard InChI is InChI=1S/C11H13BrN2OS/c1-7-5-8(12)6-13-10(7)14-11(15)9-3-2-4-16-9/h5-6,9H,2-4H2,1H3,(H,13,14,15). The summed E-state index contributed by atoms with van der Waals surface area (Å²) in [6.07, 6.45) is 3.81. The molecule has 1 N–H and O–H groups in total. The third-order valence-corrected chi connectivity index (χ3v) is 4.32. The van der Waals surface area contributed by atoms with Crippen molar-refractivity contribution < 1.29 is 4.79 Å². The fraction of sp³-hybridized carbons (Fsp3) is 0.455. The van der Waals surface area contributed by atoms with Gasteiger partial charge in [0.1, 0.15) is 5.82 Å². The molecule has 0 spiro atoms. The van der Waals surface area contributed by atoms with Gasteiger partial charge in [-0.05, 0) is 53.1 Å². The molecule has 16 heavy (non-hydrogen) atoms. The summed E-state index contributed by atoms with van der Waals surface area (Å²) in [6.45, 7) is 1.94. The summed E-state index contributed by atoms with van der Waals surface area (Å²) in [4.78, 5) is 16.1. The van der Waals surface area contributed by atoms with Gasteiger partial charge in [0.05, 0.1) is 5.25 Å². The van der Waals surface area contributed by atoms with Crippen LogP contribution in [0.25, 0.3) is 0 Å². The van der Waals surface area contributed by atoms with Crippen molar-refractivity contribution in [2.45, 2.75) is 25.0 Å². The van der Waals surface area contributed by atoms with Crippen LogP contribution in [0.15, 0.2) is 16.7 Å². The van der Waals surface area contributed by atoms with Crippen molar-refractivity contribution >= 4 is 39.4 Å². The number of thioether (sulfide) groups is 1. The Morgan fingerprint density at radius 3 is 3.12 bits per heavy atom. The summed E-state index contributed by atoms with van der Waals surface area (Å²) in [5.74, 6) is 1.84. The van der Waals surface area contributed by atoms with E-state index < -0.39 is 0 Å². The second-order valence-corrected chi connectivity index (χ2v) is 6.04. The predicted molar refractivity (Wildman–Crippen MR) is 70.8 cm³/mol. The first-order valence-corrected chi connectivity index (χ1v) is 7.05. The minimum absolute atomic E-state index is 0.0837. The molecule has 1 amide bonds. The first-order chi connectivity index (χ1) is 7.66. The van der Waals surface area contributed by atoms with Gasteiger partial charge in [0.25, 0.3) is 0 Å². The molecule has 5 heteroatoms. The molecule has 1 saturated heterocycles. The highest BCUT2D eigenvalue weighted by Gasteiger charge is 2.23. The number of aryl methyl sites for hydroxylation is 1. The van der Waals surface area contributed by atoms with Crippen LogP contribution in [0.1, 0.15) is 18.4 Å². The largest absolute Gasteiger partial charge is 0.310 e. The second kappa shape index (κ2) is 5.19.